The number of aromatic nitrogens is 2. The van der Waals surface area contributed by atoms with Gasteiger partial charge in [-0.1, -0.05) is 6.92 Å². The number of hydrogen-bond acceptors (Lipinski definition) is 5. The number of rotatable bonds is 5. The Bertz CT molecular complexity index is 739. The van der Waals surface area contributed by atoms with Gasteiger partial charge in [0.05, 0.1) is 5.39 Å². The largest absolute Gasteiger partial charge is 0.477 e. The summed E-state index contributed by atoms with van der Waals surface area (Å²) in [4.78, 5) is 27.7. The summed E-state index contributed by atoms with van der Waals surface area (Å²) in [5.41, 5.74) is -0.339. The Hall–Kier alpha value is -2.41. The highest BCUT2D eigenvalue weighted by atomic mass is 16.4. The number of anilines is 1. The van der Waals surface area contributed by atoms with Gasteiger partial charge in [-0.3, -0.25) is 9.80 Å². The Labute approximate surface area is 121 Å². The van der Waals surface area contributed by atoms with Gasteiger partial charge in [0, 0.05) is 19.3 Å². The maximum absolute atomic E-state index is 12.2. The minimum absolute atomic E-state index is 0.253. The van der Waals surface area contributed by atoms with E-state index in [1.807, 2.05) is 13.8 Å². The molecule has 2 aromatic rings. The Morgan fingerprint density at radius 3 is 2.71 bits per heavy atom. The third kappa shape index (κ3) is 2.73. The molecule has 0 amide bonds. The van der Waals surface area contributed by atoms with Crippen molar-refractivity contribution in [3.8, 4) is 0 Å². The van der Waals surface area contributed by atoms with Crippen molar-refractivity contribution in [3.05, 3.63) is 34.1 Å². The molecule has 3 N–H and O–H groups in total. The molecule has 7 heteroatoms. The van der Waals surface area contributed by atoms with E-state index in [1.54, 1.807) is 16.7 Å². The van der Waals surface area contributed by atoms with Gasteiger partial charge in [0.25, 0.3) is 0 Å². The second-order valence-electron chi connectivity index (χ2n) is 4.70. The van der Waals surface area contributed by atoms with Crippen LogP contribution in [0, 0.1) is 0 Å². The van der Waals surface area contributed by atoms with Crippen LogP contribution in [0.5, 0.6) is 0 Å². The number of carbonyl (C=O) groups is 1. The molecule has 0 radical (unpaired) electrons. The highest BCUT2D eigenvalue weighted by Crippen LogP contribution is 2.15. The SMILES string of the molecule is CCCN(N)c1ccc2c(=O)c(C(=O)O)cn(CC)c2n1. The number of pyridine rings is 2. The van der Waals surface area contributed by atoms with E-state index in [4.69, 9.17) is 10.9 Å². The van der Waals surface area contributed by atoms with Gasteiger partial charge in [0.2, 0.25) is 5.43 Å². The molecule has 2 heterocycles. The van der Waals surface area contributed by atoms with Crippen LogP contribution in [0.25, 0.3) is 11.0 Å². The van der Waals surface area contributed by atoms with Gasteiger partial charge in [0.15, 0.2) is 0 Å². The molecule has 0 aliphatic rings. The van der Waals surface area contributed by atoms with Crippen LogP contribution in [0.3, 0.4) is 0 Å². The number of hydrogen-bond donors (Lipinski definition) is 2. The second kappa shape index (κ2) is 5.92. The van der Waals surface area contributed by atoms with E-state index >= 15 is 0 Å². The predicted molar refractivity (Wildman–Crippen MR) is 80.5 cm³/mol. The highest BCUT2D eigenvalue weighted by Gasteiger charge is 2.15. The standard InChI is InChI=1S/C14H18N4O3/c1-3-7-18(15)11-6-5-9-12(19)10(14(20)21)8-17(4-2)13(9)16-11/h5-6,8H,3-4,7,15H2,1-2H3,(H,20,21). The van der Waals surface area contributed by atoms with Crippen LogP contribution in [0.2, 0.25) is 0 Å². The molecule has 112 valence electrons. The summed E-state index contributed by atoms with van der Waals surface area (Å²) in [6.07, 6.45) is 2.19. The molecule has 0 bridgehead atoms. The van der Waals surface area contributed by atoms with Crippen LogP contribution in [-0.4, -0.2) is 27.2 Å². The quantitative estimate of drug-likeness (QED) is 0.634. The third-order valence-corrected chi connectivity index (χ3v) is 3.24. The van der Waals surface area contributed by atoms with E-state index in [-0.39, 0.29) is 10.9 Å². The summed E-state index contributed by atoms with van der Waals surface area (Å²) in [5.74, 6) is 5.21. The van der Waals surface area contributed by atoms with Gasteiger partial charge < -0.3 is 9.67 Å². The Morgan fingerprint density at radius 2 is 2.14 bits per heavy atom. The molecule has 0 unspecified atom stereocenters. The van der Waals surface area contributed by atoms with Crippen molar-refractivity contribution >= 4 is 22.8 Å². The van der Waals surface area contributed by atoms with Crippen molar-refractivity contribution in [1.82, 2.24) is 9.55 Å². The first kappa shape index (κ1) is 15.0. The lowest BCUT2D eigenvalue weighted by atomic mass is 10.2. The normalized spacial score (nSPS) is 10.8. The molecular formula is C14H18N4O3. The fourth-order valence-electron chi connectivity index (χ4n) is 2.16. The minimum Gasteiger partial charge on any atom is -0.477 e. The number of carboxylic acids is 1. The molecule has 0 fully saturated rings. The second-order valence-corrected chi connectivity index (χ2v) is 4.70. The lowest BCUT2D eigenvalue weighted by Gasteiger charge is -2.18. The number of hydrazine groups is 1. The average Bonchev–Trinajstić information content (AvgIpc) is 2.47. The van der Waals surface area contributed by atoms with E-state index in [9.17, 15) is 9.59 Å². The molecule has 2 aromatic heterocycles. The molecule has 0 aliphatic heterocycles. The van der Waals surface area contributed by atoms with E-state index in [2.05, 4.69) is 4.98 Å². The van der Waals surface area contributed by atoms with E-state index in [0.717, 1.165) is 6.42 Å². The molecule has 21 heavy (non-hydrogen) atoms. The van der Waals surface area contributed by atoms with Gasteiger partial charge in [-0.15, -0.1) is 0 Å². The Kier molecular flexibility index (Phi) is 4.23. The molecule has 0 atom stereocenters. The van der Waals surface area contributed by atoms with Crippen LogP contribution in [0.1, 0.15) is 30.6 Å². The zero-order chi connectivity index (χ0) is 15.6. The molecule has 0 saturated carbocycles. The summed E-state index contributed by atoms with van der Waals surface area (Å²) < 4.78 is 1.64. The van der Waals surface area contributed by atoms with Gasteiger partial charge in [-0.05, 0) is 25.5 Å². The third-order valence-electron chi connectivity index (χ3n) is 3.24. The monoisotopic (exact) mass is 290 g/mol. The molecular weight excluding hydrogens is 272 g/mol. The van der Waals surface area contributed by atoms with Crippen LogP contribution < -0.4 is 16.3 Å². The first-order valence-corrected chi connectivity index (χ1v) is 6.79. The summed E-state index contributed by atoms with van der Waals surface area (Å²) in [6, 6.07) is 3.21. The number of carboxylic acid groups (broad SMARTS) is 1. The molecule has 0 aliphatic carbocycles. The molecule has 2 rings (SSSR count). The fourth-order valence-corrected chi connectivity index (χ4v) is 2.16. The van der Waals surface area contributed by atoms with Crippen LogP contribution in [-0.2, 0) is 6.54 Å². The van der Waals surface area contributed by atoms with Crippen LogP contribution >= 0.6 is 0 Å². The lowest BCUT2D eigenvalue weighted by molar-refractivity contribution is 0.0695. The first-order chi connectivity index (χ1) is 9.99. The van der Waals surface area contributed by atoms with Gasteiger partial charge in [-0.2, -0.15) is 0 Å². The van der Waals surface area contributed by atoms with Crippen molar-refractivity contribution < 1.29 is 9.90 Å². The summed E-state index contributed by atoms with van der Waals surface area (Å²) in [7, 11) is 0. The lowest BCUT2D eigenvalue weighted by Crippen LogP contribution is -2.32. The zero-order valence-electron chi connectivity index (χ0n) is 12.0. The number of aryl methyl sites for hydroxylation is 1. The number of nitrogens with zero attached hydrogens (tertiary/aromatic N) is 3. The van der Waals surface area contributed by atoms with E-state index in [0.29, 0.717) is 24.6 Å². The van der Waals surface area contributed by atoms with E-state index in [1.165, 1.54) is 11.2 Å². The van der Waals surface area contributed by atoms with Gasteiger partial charge in [-0.25, -0.2) is 15.6 Å². The minimum atomic E-state index is -1.24. The Balaban J connectivity index is 2.70. The summed E-state index contributed by atoms with van der Waals surface area (Å²) in [5, 5.41) is 10.9. The maximum atomic E-state index is 12.2. The van der Waals surface area contributed by atoms with Gasteiger partial charge >= 0.3 is 5.97 Å². The van der Waals surface area contributed by atoms with Gasteiger partial charge in [0.1, 0.15) is 17.0 Å². The Morgan fingerprint density at radius 1 is 1.43 bits per heavy atom. The number of nitrogens with two attached hydrogens (primary N) is 1. The summed E-state index contributed by atoms with van der Waals surface area (Å²) in [6.45, 7) is 5.01. The molecule has 7 nitrogen and oxygen atoms in total. The molecule has 0 saturated heterocycles. The van der Waals surface area contributed by atoms with Crippen molar-refractivity contribution in [3.63, 3.8) is 0 Å². The zero-order valence-corrected chi connectivity index (χ0v) is 12.0. The smallest absolute Gasteiger partial charge is 0.341 e. The van der Waals surface area contributed by atoms with E-state index < -0.39 is 11.4 Å². The fraction of sp³-hybridized carbons (Fsp3) is 0.357. The van der Waals surface area contributed by atoms with Crippen LogP contribution in [0.4, 0.5) is 5.82 Å². The highest BCUT2D eigenvalue weighted by molar-refractivity contribution is 5.92. The maximum Gasteiger partial charge on any atom is 0.341 e. The van der Waals surface area contributed by atoms with Crippen molar-refractivity contribution in [2.24, 2.45) is 5.84 Å². The first-order valence-electron chi connectivity index (χ1n) is 6.79. The van der Waals surface area contributed by atoms with Crippen molar-refractivity contribution in [1.29, 1.82) is 0 Å². The summed E-state index contributed by atoms with van der Waals surface area (Å²) >= 11 is 0. The number of aromatic carboxylic acids is 1. The number of fused-ring (bicyclic) bond motifs is 1. The predicted octanol–water partition coefficient (Wildman–Crippen LogP) is 1.20. The van der Waals surface area contributed by atoms with Crippen molar-refractivity contribution in [2.45, 2.75) is 26.8 Å². The van der Waals surface area contributed by atoms with Crippen molar-refractivity contribution in [2.75, 3.05) is 11.6 Å². The average molecular weight is 290 g/mol. The molecule has 0 spiro atoms. The van der Waals surface area contributed by atoms with Crippen LogP contribution in [0.15, 0.2) is 23.1 Å². The topological polar surface area (TPSA) is 101 Å². The molecule has 0 aromatic carbocycles.